The Labute approximate surface area is 161 Å². The van der Waals surface area contributed by atoms with Crippen LogP contribution in [0.1, 0.15) is 48.5 Å². The Bertz CT molecular complexity index is 923. The zero-order valence-electron chi connectivity index (χ0n) is 14.7. The molecule has 0 saturated heterocycles. The van der Waals surface area contributed by atoms with Gasteiger partial charge in [0, 0.05) is 17.4 Å². The van der Waals surface area contributed by atoms with Gasteiger partial charge in [0.1, 0.15) is 0 Å². The topological polar surface area (TPSA) is 57.2 Å². The summed E-state index contributed by atoms with van der Waals surface area (Å²) in [5.41, 5.74) is -8.84. The van der Waals surface area contributed by atoms with Gasteiger partial charge in [-0.05, 0) is 31.4 Å². The Balaban J connectivity index is 0.000000300. The van der Waals surface area contributed by atoms with Gasteiger partial charge >= 0.3 is 11.0 Å². The number of hydrogen-bond acceptors (Lipinski definition) is 3. The van der Waals surface area contributed by atoms with Crippen LogP contribution < -0.4 is 0 Å². The third kappa shape index (κ3) is 5.18. The Morgan fingerprint density at radius 2 is 1.57 bits per heavy atom. The predicted octanol–water partition coefficient (Wildman–Crippen LogP) is 6.47. The van der Waals surface area contributed by atoms with Crippen molar-refractivity contribution in [3.8, 4) is 0 Å². The SMILES string of the molecule is Cc1cccc2c1cc(C1CCCCC1)[s+]2C(F)(F)F.O=S(=O)([O-])C(F)(F)F. The molecule has 11 heteroatoms. The third-order valence-electron chi connectivity index (χ3n) is 4.55. The normalized spacial score (nSPS) is 17.4. The molecule has 158 valence electrons. The van der Waals surface area contributed by atoms with Crippen molar-refractivity contribution in [1.82, 2.24) is 0 Å². The number of thiophene rings is 1. The molecule has 1 heterocycles. The molecule has 3 rings (SSSR count). The number of aryl methyl sites for hydroxylation is 1. The maximum Gasteiger partial charge on any atom is 0.600 e. The summed E-state index contributed by atoms with van der Waals surface area (Å²) in [6.45, 7) is 1.90. The van der Waals surface area contributed by atoms with Gasteiger partial charge in [0.05, 0.1) is 10.5 Å². The van der Waals surface area contributed by atoms with Gasteiger partial charge < -0.3 is 4.55 Å². The molecule has 1 fully saturated rings. The van der Waals surface area contributed by atoms with Crippen LogP contribution >= 0.6 is 10.5 Å². The molecule has 0 N–H and O–H groups in total. The van der Waals surface area contributed by atoms with E-state index in [2.05, 4.69) is 0 Å². The van der Waals surface area contributed by atoms with Crippen LogP contribution in [0.4, 0.5) is 26.3 Å². The second-order valence-corrected chi connectivity index (χ2v) is 9.88. The first-order valence-corrected chi connectivity index (χ1v) is 11.0. The van der Waals surface area contributed by atoms with Crippen molar-refractivity contribution in [1.29, 1.82) is 0 Å². The molecule has 0 spiro atoms. The third-order valence-corrected chi connectivity index (χ3v) is 7.30. The summed E-state index contributed by atoms with van der Waals surface area (Å²) in [5.74, 6) is 0.125. The average molecular weight is 448 g/mol. The van der Waals surface area contributed by atoms with Gasteiger partial charge in [-0.3, -0.25) is 0 Å². The van der Waals surface area contributed by atoms with E-state index >= 15 is 0 Å². The number of fused-ring (bicyclic) bond motifs is 1. The lowest BCUT2D eigenvalue weighted by atomic mass is 9.88. The van der Waals surface area contributed by atoms with Crippen LogP contribution in [0.2, 0.25) is 0 Å². The highest BCUT2D eigenvalue weighted by atomic mass is 32.2. The van der Waals surface area contributed by atoms with E-state index < -0.39 is 31.6 Å². The van der Waals surface area contributed by atoms with E-state index in [0.29, 0.717) is 9.58 Å². The number of alkyl halides is 6. The van der Waals surface area contributed by atoms with E-state index in [4.69, 9.17) is 13.0 Å². The molecule has 1 atom stereocenters. The Hall–Kier alpha value is -1.33. The summed E-state index contributed by atoms with van der Waals surface area (Å²) in [6.07, 6.45) is 5.12. The summed E-state index contributed by atoms with van der Waals surface area (Å²) in [7, 11) is -7.79. The van der Waals surface area contributed by atoms with Crippen molar-refractivity contribution >= 4 is 30.7 Å². The van der Waals surface area contributed by atoms with Crippen molar-refractivity contribution in [2.45, 2.75) is 56.0 Å². The van der Waals surface area contributed by atoms with Gasteiger partial charge in [-0.25, -0.2) is 8.42 Å². The largest absolute Gasteiger partial charge is 0.741 e. The van der Waals surface area contributed by atoms with E-state index in [1.807, 2.05) is 19.1 Å². The first-order chi connectivity index (χ1) is 12.7. The average Bonchev–Trinajstić information content (AvgIpc) is 2.95. The standard InChI is InChI=1S/C16H18F3S.CHF3O3S/c1-11-6-5-9-14-13(11)10-15(20(14)16(17,18)19)12-7-3-2-4-8-12;2-1(3,4)8(5,6)7/h5-6,9-10,12H,2-4,7-8H2,1H3;(H,5,6,7)/q+1;/p-1. The molecule has 3 nitrogen and oxygen atoms in total. The number of halogens is 6. The lowest BCUT2D eigenvalue weighted by molar-refractivity contribution is -0.0868. The van der Waals surface area contributed by atoms with E-state index in [-0.39, 0.29) is 5.92 Å². The van der Waals surface area contributed by atoms with Gasteiger partial charge in [0.2, 0.25) is 0 Å². The summed E-state index contributed by atoms with van der Waals surface area (Å²) in [4.78, 5) is 0.640. The number of rotatable bonds is 1. The summed E-state index contributed by atoms with van der Waals surface area (Å²) < 4.78 is 100. The first kappa shape index (κ1) is 23.0. The van der Waals surface area contributed by atoms with E-state index in [9.17, 15) is 26.3 Å². The smallest absolute Gasteiger partial charge is 0.600 e. The lowest BCUT2D eigenvalue weighted by Crippen LogP contribution is -2.21. The first-order valence-electron chi connectivity index (χ1n) is 8.38. The molecule has 28 heavy (non-hydrogen) atoms. The highest BCUT2D eigenvalue weighted by Gasteiger charge is 2.49. The quantitative estimate of drug-likeness (QED) is 0.217. The maximum atomic E-state index is 13.5. The van der Waals surface area contributed by atoms with Crippen LogP contribution in [0.3, 0.4) is 0 Å². The minimum absolute atomic E-state index is 0.125. The van der Waals surface area contributed by atoms with Crippen molar-refractivity contribution < 1.29 is 39.3 Å². The van der Waals surface area contributed by atoms with Gasteiger partial charge in [-0.2, -0.15) is 13.2 Å². The summed E-state index contributed by atoms with van der Waals surface area (Å²) >= 11 is 0. The van der Waals surface area contributed by atoms with E-state index in [1.165, 1.54) is 0 Å². The van der Waals surface area contributed by atoms with Crippen molar-refractivity contribution in [3.05, 3.63) is 34.7 Å². The molecule has 0 radical (unpaired) electrons. The van der Waals surface area contributed by atoms with Gasteiger partial charge in [-0.15, -0.1) is 13.2 Å². The molecular formula is C17H18F6O3S2. The minimum atomic E-state index is -6.09. The highest BCUT2D eigenvalue weighted by molar-refractivity contribution is 7.86. The van der Waals surface area contributed by atoms with Gasteiger partial charge in [0.15, 0.2) is 19.7 Å². The Kier molecular flexibility index (Phi) is 6.72. The molecule has 0 bridgehead atoms. The summed E-state index contributed by atoms with van der Waals surface area (Å²) in [6, 6.07) is 7.15. The molecule has 1 saturated carbocycles. The van der Waals surface area contributed by atoms with Crippen LogP contribution in [0, 0.1) is 6.92 Å². The van der Waals surface area contributed by atoms with Crippen molar-refractivity contribution in [2.24, 2.45) is 0 Å². The number of benzene rings is 1. The zero-order valence-corrected chi connectivity index (χ0v) is 16.4. The van der Waals surface area contributed by atoms with Gasteiger partial charge in [-0.1, -0.05) is 31.4 Å². The molecule has 1 unspecified atom stereocenters. The molecule has 0 aliphatic heterocycles. The fourth-order valence-corrected chi connectivity index (χ4v) is 5.50. The lowest BCUT2D eigenvalue weighted by Gasteiger charge is -2.18. The second-order valence-electron chi connectivity index (χ2n) is 6.52. The predicted molar refractivity (Wildman–Crippen MR) is 94.0 cm³/mol. The van der Waals surface area contributed by atoms with Crippen LogP contribution in [-0.4, -0.2) is 18.5 Å². The minimum Gasteiger partial charge on any atom is -0.741 e. The monoisotopic (exact) mass is 448 g/mol. The maximum absolute atomic E-state index is 13.5. The number of hydrogen-bond donors (Lipinski definition) is 0. The Morgan fingerprint density at radius 1 is 1.04 bits per heavy atom. The van der Waals surface area contributed by atoms with Crippen LogP contribution in [-0.2, 0) is 15.6 Å². The van der Waals surface area contributed by atoms with Crippen molar-refractivity contribution in [2.75, 3.05) is 0 Å². The summed E-state index contributed by atoms with van der Waals surface area (Å²) in [5, 5.41) is 0.814. The van der Waals surface area contributed by atoms with Crippen molar-refractivity contribution in [3.63, 3.8) is 0 Å². The fraction of sp³-hybridized carbons (Fsp3) is 0.529. The van der Waals surface area contributed by atoms with Crippen LogP contribution in [0.15, 0.2) is 24.3 Å². The van der Waals surface area contributed by atoms with E-state index in [1.54, 1.807) is 12.1 Å². The molecular weight excluding hydrogens is 430 g/mol. The zero-order chi connectivity index (χ0) is 21.3. The molecule has 1 aliphatic rings. The fourth-order valence-electron chi connectivity index (χ4n) is 3.27. The van der Waals surface area contributed by atoms with Crippen LogP contribution in [0.5, 0.6) is 0 Å². The Morgan fingerprint density at radius 3 is 2.04 bits per heavy atom. The van der Waals surface area contributed by atoms with Crippen LogP contribution in [0.25, 0.3) is 10.1 Å². The second kappa shape index (κ2) is 8.19. The molecule has 1 aliphatic carbocycles. The van der Waals surface area contributed by atoms with E-state index in [0.717, 1.165) is 43.1 Å². The molecule has 1 aromatic heterocycles. The molecule has 2 aromatic rings. The van der Waals surface area contributed by atoms with Gasteiger partial charge in [0.25, 0.3) is 0 Å². The molecule has 1 aromatic carbocycles. The highest BCUT2D eigenvalue weighted by Crippen LogP contribution is 2.55. The molecule has 0 amide bonds.